The van der Waals surface area contributed by atoms with E-state index < -0.39 is 28.9 Å². The first-order valence-corrected chi connectivity index (χ1v) is 12.9. The molecule has 0 bridgehead atoms. The summed E-state index contributed by atoms with van der Waals surface area (Å²) in [7, 11) is 1.63. The maximum atomic E-state index is 14.5. The zero-order chi connectivity index (χ0) is 27.1. The molecule has 2 amide bonds. The molecule has 2 aliphatic rings. The number of aromatic amines is 1. The van der Waals surface area contributed by atoms with Gasteiger partial charge in [-0.15, -0.1) is 0 Å². The van der Waals surface area contributed by atoms with E-state index in [1.54, 1.807) is 20.9 Å². The van der Waals surface area contributed by atoms with Crippen LogP contribution in [0, 0.1) is 5.41 Å². The van der Waals surface area contributed by atoms with Crippen LogP contribution in [0.1, 0.15) is 31.4 Å². The number of rotatable bonds is 8. The third-order valence-electron chi connectivity index (χ3n) is 7.61. The van der Waals surface area contributed by atoms with Crippen LogP contribution in [-0.2, 0) is 27.2 Å². The Bertz CT molecular complexity index is 1410. The van der Waals surface area contributed by atoms with Crippen molar-refractivity contribution in [2.45, 2.75) is 50.7 Å². The van der Waals surface area contributed by atoms with Crippen molar-refractivity contribution in [3.63, 3.8) is 0 Å². The number of hydrazone groups is 1. The summed E-state index contributed by atoms with van der Waals surface area (Å²) in [6.45, 7) is 3.71. The number of aromatic nitrogens is 1. The van der Waals surface area contributed by atoms with E-state index in [1.807, 2.05) is 60.8 Å². The van der Waals surface area contributed by atoms with Gasteiger partial charge in [0, 0.05) is 43.5 Å². The number of Topliss-reactive ketones (excluding diaryl/α,β-unsaturated/α-hetero) is 1. The van der Waals surface area contributed by atoms with E-state index in [2.05, 4.69) is 20.7 Å². The highest BCUT2D eigenvalue weighted by atomic mass is 16.2. The Morgan fingerprint density at radius 1 is 1.18 bits per heavy atom. The molecule has 1 saturated heterocycles. The van der Waals surface area contributed by atoms with Gasteiger partial charge in [0.2, 0.25) is 5.91 Å². The first kappa shape index (κ1) is 25.8. The SMILES string of the molecule is CN1N=C2CCN[C@H](C(=O)[C@@H](Cc3c[nH]c4ccccc34)NC(=O)C(C)(C)N)[C@@]2(Cc2ccccc2)C1=O. The summed E-state index contributed by atoms with van der Waals surface area (Å²) in [6.07, 6.45) is 3.00. The Kier molecular flexibility index (Phi) is 6.66. The Hall–Kier alpha value is -3.82. The van der Waals surface area contributed by atoms with Crippen LogP contribution in [0.5, 0.6) is 0 Å². The largest absolute Gasteiger partial charge is 0.361 e. The first-order chi connectivity index (χ1) is 18.1. The van der Waals surface area contributed by atoms with Crippen LogP contribution in [0.2, 0.25) is 0 Å². The average molecular weight is 515 g/mol. The molecule has 2 aromatic carbocycles. The number of piperidine rings is 1. The van der Waals surface area contributed by atoms with Crippen LogP contribution in [0.25, 0.3) is 10.9 Å². The van der Waals surface area contributed by atoms with Gasteiger partial charge < -0.3 is 21.4 Å². The number of carbonyl (C=O) groups is 3. The molecule has 0 saturated carbocycles. The molecule has 3 heterocycles. The maximum Gasteiger partial charge on any atom is 0.256 e. The van der Waals surface area contributed by atoms with Crippen LogP contribution in [0.15, 0.2) is 65.9 Å². The lowest BCUT2D eigenvalue weighted by Gasteiger charge is -2.41. The van der Waals surface area contributed by atoms with Crippen LogP contribution in [-0.4, -0.2) is 64.5 Å². The van der Waals surface area contributed by atoms with Gasteiger partial charge in [-0.2, -0.15) is 5.10 Å². The third kappa shape index (κ3) is 4.52. The molecule has 0 unspecified atom stereocenters. The molecule has 2 aliphatic heterocycles. The van der Waals surface area contributed by atoms with Crippen LogP contribution in [0.3, 0.4) is 0 Å². The van der Waals surface area contributed by atoms with Crippen molar-refractivity contribution in [2.24, 2.45) is 16.3 Å². The summed E-state index contributed by atoms with van der Waals surface area (Å²) in [4.78, 5) is 44.5. The fourth-order valence-electron chi connectivity index (χ4n) is 5.63. The molecular formula is C29H34N6O3. The Labute approximate surface area is 221 Å². The van der Waals surface area contributed by atoms with E-state index >= 15 is 0 Å². The summed E-state index contributed by atoms with van der Waals surface area (Å²) in [5, 5.41) is 13.1. The highest BCUT2D eigenvalue weighted by molar-refractivity contribution is 6.17. The molecule has 0 aliphatic carbocycles. The number of carbonyl (C=O) groups excluding carboxylic acids is 3. The van der Waals surface area contributed by atoms with Crippen LogP contribution >= 0.6 is 0 Å². The molecule has 38 heavy (non-hydrogen) atoms. The molecule has 0 radical (unpaired) electrons. The number of nitrogens with one attached hydrogen (secondary N) is 3. The van der Waals surface area contributed by atoms with E-state index in [9.17, 15) is 14.4 Å². The smallest absolute Gasteiger partial charge is 0.256 e. The zero-order valence-electron chi connectivity index (χ0n) is 22.0. The highest BCUT2D eigenvalue weighted by Gasteiger charge is 2.59. The topological polar surface area (TPSA) is 133 Å². The predicted molar refractivity (Wildman–Crippen MR) is 146 cm³/mol. The molecule has 1 fully saturated rings. The maximum absolute atomic E-state index is 14.5. The van der Waals surface area contributed by atoms with Gasteiger partial charge in [0.1, 0.15) is 5.41 Å². The second-order valence-corrected chi connectivity index (χ2v) is 10.9. The molecule has 9 nitrogen and oxygen atoms in total. The molecular weight excluding hydrogens is 480 g/mol. The standard InChI is InChI=1S/C29H34N6O3/c1-28(2,30)26(37)33-22(15-19-17-32-21-12-8-7-11-20(19)21)24(36)25-29(16-18-9-5-4-6-10-18)23(13-14-31-25)34-35(3)27(29)38/h4-12,17,22,25,31-32H,13-16,30H2,1-3H3,(H,33,37)/t22-,25-,29+/m1/s1. The molecule has 5 rings (SSSR count). The first-order valence-electron chi connectivity index (χ1n) is 12.9. The summed E-state index contributed by atoms with van der Waals surface area (Å²) in [5.41, 5.74) is 7.21. The van der Waals surface area contributed by atoms with Gasteiger partial charge in [0.15, 0.2) is 5.78 Å². The zero-order valence-corrected chi connectivity index (χ0v) is 22.0. The number of nitrogens with zero attached hydrogens (tertiary/aromatic N) is 2. The van der Waals surface area contributed by atoms with E-state index in [0.29, 0.717) is 25.1 Å². The van der Waals surface area contributed by atoms with Crippen LogP contribution < -0.4 is 16.4 Å². The number of para-hydroxylation sites is 1. The minimum Gasteiger partial charge on any atom is -0.361 e. The molecule has 1 aromatic heterocycles. The quantitative estimate of drug-likeness (QED) is 0.365. The summed E-state index contributed by atoms with van der Waals surface area (Å²) < 4.78 is 0. The summed E-state index contributed by atoms with van der Waals surface area (Å²) in [6, 6.07) is 15.7. The molecule has 0 spiro atoms. The molecule has 3 aromatic rings. The minimum atomic E-state index is -1.18. The average Bonchev–Trinajstić information content (AvgIpc) is 3.41. The number of nitrogens with two attached hydrogens (primary N) is 1. The number of amides is 2. The number of benzene rings is 2. The van der Waals surface area contributed by atoms with E-state index in [1.165, 1.54) is 5.01 Å². The number of fused-ring (bicyclic) bond motifs is 2. The third-order valence-corrected chi connectivity index (χ3v) is 7.61. The second-order valence-electron chi connectivity index (χ2n) is 10.9. The van der Waals surface area contributed by atoms with Crippen molar-refractivity contribution in [1.29, 1.82) is 0 Å². The van der Waals surface area contributed by atoms with Gasteiger partial charge in [-0.25, -0.2) is 5.01 Å². The lowest BCUT2D eigenvalue weighted by molar-refractivity contribution is -0.141. The number of hydrogen-bond acceptors (Lipinski definition) is 6. The lowest BCUT2D eigenvalue weighted by Crippen LogP contribution is -2.66. The fourth-order valence-corrected chi connectivity index (χ4v) is 5.63. The van der Waals surface area contributed by atoms with Crippen molar-refractivity contribution in [1.82, 2.24) is 20.6 Å². The van der Waals surface area contributed by atoms with Crippen molar-refractivity contribution in [3.05, 3.63) is 71.9 Å². The summed E-state index contributed by atoms with van der Waals surface area (Å²) in [5.74, 6) is -0.926. The molecule has 3 atom stereocenters. The minimum absolute atomic E-state index is 0.224. The second kappa shape index (κ2) is 9.81. The van der Waals surface area contributed by atoms with Crippen LogP contribution in [0.4, 0.5) is 0 Å². The van der Waals surface area contributed by atoms with Crippen molar-refractivity contribution >= 4 is 34.2 Å². The lowest BCUT2D eigenvalue weighted by atomic mass is 9.66. The Morgan fingerprint density at radius 3 is 2.63 bits per heavy atom. The van der Waals surface area contributed by atoms with Gasteiger partial charge >= 0.3 is 0 Å². The van der Waals surface area contributed by atoms with Gasteiger partial charge in [-0.05, 0) is 37.5 Å². The monoisotopic (exact) mass is 514 g/mol. The van der Waals surface area contributed by atoms with Crippen molar-refractivity contribution in [2.75, 3.05) is 13.6 Å². The van der Waals surface area contributed by atoms with E-state index in [0.717, 1.165) is 22.0 Å². The van der Waals surface area contributed by atoms with Crippen molar-refractivity contribution < 1.29 is 14.4 Å². The molecule has 5 N–H and O–H groups in total. The fraction of sp³-hybridized carbons (Fsp3) is 0.379. The number of ketones is 1. The van der Waals surface area contributed by atoms with Gasteiger partial charge in [0.05, 0.1) is 23.3 Å². The Morgan fingerprint density at radius 2 is 1.89 bits per heavy atom. The number of hydrogen-bond donors (Lipinski definition) is 4. The predicted octanol–water partition coefficient (Wildman–Crippen LogP) is 1.92. The normalized spacial score (nSPS) is 22.2. The van der Waals surface area contributed by atoms with E-state index in [4.69, 9.17) is 5.73 Å². The molecule has 198 valence electrons. The van der Waals surface area contributed by atoms with E-state index in [-0.39, 0.29) is 18.1 Å². The van der Waals surface area contributed by atoms with Crippen molar-refractivity contribution in [3.8, 4) is 0 Å². The molecule has 9 heteroatoms. The van der Waals surface area contributed by atoms with Gasteiger partial charge in [-0.1, -0.05) is 48.5 Å². The number of H-pyrrole nitrogens is 1. The Balaban J connectivity index is 1.55. The van der Waals surface area contributed by atoms with Gasteiger partial charge in [0.25, 0.3) is 5.91 Å². The summed E-state index contributed by atoms with van der Waals surface area (Å²) >= 11 is 0. The highest BCUT2D eigenvalue weighted by Crippen LogP contribution is 2.40. The van der Waals surface area contributed by atoms with Gasteiger partial charge in [-0.3, -0.25) is 14.4 Å².